The number of aromatic nitrogens is 3. The van der Waals surface area contributed by atoms with Gasteiger partial charge in [0.05, 0.1) is 30.2 Å². The molecule has 4 aromatic rings. The lowest BCUT2D eigenvalue weighted by Crippen LogP contribution is -2.25. The number of carbonyl (C=O) groups excluding carboxylic acids is 1. The molecule has 0 saturated carbocycles. The van der Waals surface area contributed by atoms with Gasteiger partial charge in [-0.05, 0) is 62.2 Å². The summed E-state index contributed by atoms with van der Waals surface area (Å²) in [4.78, 5) is 26.1. The van der Waals surface area contributed by atoms with Gasteiger partial charge in [0, 0.05) is 48.5 Å². The number of likely N-dealkylation sites (tertiary alicyclic amines) is 1. The van der Waals surface area contributed by atoms with Crippen molar-refractivity contribution in [1.82, 2.24) is 19.3 Å². The van der Waals surface area contributed by atoms with Gasteiger partial charge < -0.3 is 15.0 Å². The van der Waals surface area contributed by atoms with E-state index in [2.05, 4.69) is 25.1 Å². The van der Waals surface area contributed by atoms with Crippen molar-refractivity contribution in [2.75, 3.05) is 43.0 Å². The van der Waals surface area contributed by atoms with E-state index in [4.69, 9.17) is 4.74 Å². The van der Waals surface area contributed by atoms with Crippen molar-refractivity contribution < 1.29 is 22.7 Å². The maximum Gasteiger partial charge on any atom is 0.416 e. The van der Waals surface area contributed by atoms with Crippen LogP contribution in [0.3, 0.4) is 0 Å². The van der Waals surface area contributed by atoms with Crippen molar-refractivity contribution >= 4 is 22.9 Å². The van der Waals surface area contributed by atoms with E-state index in [-0.39, 0.29) is 18.0 Å². The Morgan fingerprint density at radius 1 is 1.05 bits per heavy atom. The highest BCUT2D eigenvalue weighted by Gasteiger charge is 2.32. The molecule has 0 radical (unpaired) electrons. The first kappa shape index (κ1) is 26.1. The van der Waals surface area contributed by atoms with Crippen LogP contribution >= 0.6 is 0 Å². The fraction of sp³-hybridized carbons (Fsp3) is 0.345. The van der Waals surface area contributed by atoms with E-state index < -0.39 is 17.6 Å². The van der Waals surface area contributed by atoms with E-state index in [9.17, 15) is 18.0 Å². The van der Waals surface area contributed by atoms with Crippen molar-refractivity contribution in [3.05, 3.63) is 83.6 Å². The van der Waals surface area contributed by atoms with Crippen LogP contribution in [0.5, 0.6) is 5.75 Å². The number of benzene rings is 2. The van der Waals surface area contributed by atoms with Gasteiger partial charge in [-0.15, -0.1) is 0 Å². The van der Waals surface area contributed by atoms with Gasteiger partial charge in [0.25, 0.3) is 5.91 Å². The standard InChI is InChI=1S/C29H29F3N6O2/c30-29(31,32)22-14-23(16-25(15-22)40-12-11-36-7-1-2-8-36)35-28(39)21-4-3-20-5-9-37(26(20)13-21)19-24-17-34-27-18-33-6-10-38(24)27/h3-4,6,10,13-18H,1-2,5,7-9,11-12,19H2,(H,35,39). The van der Waals surface area contributed by atoms with Crippen LogP contribution in [0.1, 0.15) is 40.0 Å². The highest BCUT2D eigenvalue weighted by molar-refractivity contribution is 6.05. The number of carbonyl (C=O) groups is 1. The molecule has 6 rings (SSSR count). The number of halogens is 3. The monoisotopic (exact) mass is 550 g/mol. The number of amides is 1. The van der Waals surface area contributed by atoms with Crippen molar-refractivity contribution in [1.29, 1.82) is 0 Å². The van der Waals surface area contributed by atoms with Crippen LogP contribution in [0.25, 0.3) is 5.65 Å². The lowest BCUT2D eigenvalue weighted by atomic mass is 10.1. The summed E-state index contributed by atoms with van der Waals surface area (Å²) < 4.78 is 48.5. The van der Waals surface area contributed by atoms with Gasteiger partial charge >= 0.3 is 6.18 Å². The van der Waals surface area contributed by atoms with Crippen LogP contribution in [0, 0.1) is 0 Å². The lowest BCUT2D eigenvalue weighted by molar-refractivity contribution is -0.137. The first-order valence-electron chi connectivity index (χ1n) is 13.4. The molecule has 2 aliphatic rings. The fourth-order valence-electron chi connectivity index (χ4n) is 5.38. The van der Waals surface area contributed by atoms with Crippen LogP contribution in [-0.2, 0) is 19.1 Å². The van der Waals surface area contributed by atoms with Crippen molar-refractivity contribution in [3.63, 3.8) is 0 Å². The molecule has 2 aliphatic heterocycles. The number of imidazole rings is 1. The predicted octanol–water partition coefficient (Wildman–Crippen LogP) is 5.04. The molecule has 2 aromatic heterocycles. The Morgan fingerprint density at radius 3 is 2.73 bits per heavy atom. The summed E-state index contributed by atoms with van der Waals surface area (Å²) in [5.41, 5.74) is 3.30. The van der Waals surface area contributed by atoms with Gasteiger partial charge in [-0.1, -0.05) is 6.07 Å². The second-order valence-corrected chi connectivity index (χ2v) is 10.2. The van der Waals surface area contributed by atoms with Crippen LogP contribution in [0.2, 0.25) is 0 Å². The van der Waals surface area contributed by atoms with E-state index in [1.165, 1.54) is 6.07 Å². The molecular weight excluding hydrogens is 521 g/mol. The Morgan fingerprint density at radius 2 is 1.90 bits per heavy atom. The second kappa shape index (κ2) is 10.8. The van der Waals surface area contributed by atoms with Crippen LogP contribution in [0.4, 0.5) is 24.5 Å². The minimum atomic E-state index is -4.57. The number of rotatable bonds is 8. The molecule has 40 heavy (non-hydrogen) atoms. The summed E-state index contributed by atoms with van der Waals surface area (Å²) in [5.74, 6) is -0.412. The van der Waals surface area contributed by atoms with E-state index in [1.54, 1.807) is 24.5 Å². The minimum absolute atomic E-state index is 0.0349. The molecule has 1 saturated heterocycles. The molecule has 0 atom stereocenters. The summed E-state index contributed by atoms with van der Waals surface area (Å²) in [7, 11) is 0. The van der Waals surface area contributed by atoms with Gasteiger partial charge in [-0.3, -0.25) is 19.1 Å². The minimum Gasteiger partial charge on any atom is -0.492 e. The molecule has 0 spiro atoms. The lowest BCUT2D eigenvalue weighted by Gasteiger charge is -2.20. The highest BCUT2D eigenvalue weighted by atomic mass is 19.4. The number of anilines is 2. The SMILES string of the molecule is O=C(Nc1cc(OCCN2CCCC2)cc(C(F)(F)F)c1)c1ccc2c(c1)N(Cc1cnc3cnccn13)CC2. The van der Waals surface area contributed by atoms with E-state index in [0.29, 0.717) is 18.7 Å². The summed E-state index contributed by atoms with van der Waals surface area (Å²) in [6.45, 7) is 4.25. The van der Waals surface area contributed by atoms with E-state index in [1.807, 2.05) is 22.9 Å². The second-order valence-electron chi connectivity index (χ2n) is 10.2. The smallest absolute Gasteiger partial charge is 0.416 e. The average molecular weight is 551 g/mol. The number of fused-ring (bicyclic) bond motifs is 2. The zero-order valence-electron chi connectivity index (χ0n) is 21.8. The van der Waals surface area contributed by atoms with Crippen molar-refractivity contribution in [2.45, 2.75) is 32.0 Å². The molecule has 0 bridgehead atoms. The largest absolute Gasteiger partial charge is 0.492 e. The summed E-state index contributed by atoms with van der Waals surface area (Å²) in [6, 6.07) is 8.76. The average Bonchev–Trinajstić information content (AvgIpc) is 3.69. The number of ether oxygens (including phenoxy) is 1. The van der Waals surface area contributed by atoms with Crippen LogP contribution < -0.4 is 15.0 Å². The Balaban J connectivity index is 1.18. The third-order valence-electron chi connectivity index (χ3n) is 7.45. The van der Waals surface area contributed by atoms with Gasteiger partial charge in [-0.2, -0.15) is 13.2 Å². The zero-order valence-corrected chi connectivity index (χ0v) is 21.8. The number of nitrogens with zero attached hydrogens (tertiary/aromatic N) is 5. The van der Waals surface area contributed by atoms with E-state index in [0.717, 1.165) is 73.6 Å². The van der Waals surface area contributed by atoms with Gasteiger partial charge in [0.2, 0.25) is 0 Å². The molecule has 4 heterocycles. The third-order valence-corrected chi connectivity index (χ3v) is 7.45. The zero-order chi connectivity index (χ0) is 27.7. The molecule has 1 fully saturated rings. The fourth-order valence-corrected chi connectivity index (χ4v) is 5.38. The molecule has 8 nitrogen and oxygen atoms in total. The number of alkyl halides is 3. The molecule has 1 amide bonds. The summed E-state index contributed by atoms with van der Waals surface area (Å²) >= 11 is 0. The first-order valence-corrected chi connectivity index (χ1v) is 13.4. The summed E-state index contributed by atoms with van der Waals surface area (Å²) in [6.07, 6.45) is 5.58. The van der Waals surface area contributed by atoms with Gasteiger partial charge in [0.1, 0.15) is 12.4 Å². The molecule has 11 heteroatoms. The Hall–Kier alpha value is -4.12. The molecule has 0 unspecified atom stereocenters. The highest BCUT2D eigenvalue weighted by Crippen LogP contribution is 2.35. The van der Waals surface area contributed by atoms with Crippen molar-refractivity contribution in [2.24, 2.45) is 0 Å². The number of hydrogen-bond donors (Lipinski definition) is 1. The quantitative estimate of drug-likeness (QED) is 0.332. The first-order chi connectivity index (χ1) is 19.3. The van der Waals surface area contributed by atoms with Crippen molar-refractivity contribution in [3.8, 4) is 5.75 Å². The molecule has 2 aromatic carbocycles. The number of hydrogen-bond acceptors (Lipinski definition) is 6. The molecule has 1 N–H and O–H groups in total. The Kier molecular flexibility index (Phi) is 7.05. The third kappa shape index (κ3) is 5.60. The van der Waals surface area contributed by atoms with Crippen LogP contribution in [-0.4, -0.2) is 58.0 Å². The Bertz CT molecular complexity index is 1530. The van der Waals surface area contributed by atoms with Crippen LogP contribution in [0.15, 0.2) is 61.2 Å². The normalized spacial score (nSPS) is 15.5. The maximum absolute atomic E-state index is 13.6. The number of nitrogens with one attached hydrogen (secondary N) is 1. The predicted molar refractivity (Wildman–Crippen MR) is 145 cm³/mol. The molecule has 208 valence electrons. The molecular formula is C29H29F3N6O2. The summed E-state index contributed by atoms with van der Waals surface area (Å²) in [5, 5.41) is 2.65. The van der Waals surface area contributed by atoms with Gasteiger partial charge in [-0.25, -0.2) is 4.98 Å². The van der Waals surface area contributed by atoms with Gasteiger partial charge in [0.15, 0.2) is 5.65 Å². The topological polar surface area (TPSA) is 75.0 Å². The van der Waals surface area contributed by atoms with E-state index >= 15 is 0 Å². The molecule has 0 aliphatic carbocycles. The Labute approximate surface area is 229 Å². The maximum atomic E-state index is 13.6.